The number of carboxylic acids is 1. The Morgan fingerprint density at radius 3 is 2.71 bits per heavy atom. The van der Waals surface area contributed by atoms with Crippen LogP contribution in [0.2, 0.25) is 5.02 Å². The van der Waals surface area contributed by atoms with Crippen molar-refractivity contribution in [3.05, 3.63) is 75.4 Å². The molecule has 0 spiro atoms. The molecule has 2 aromatic carbocycles. The third-order valence-electron chi connectivity index (χ3n) is 5.33. The van der Waals surface area contributed by atoms with Gasteiger partial charge in [0.15, 0.2) is 6.61 Å². The number of carbonyl (C=O) groups is 1. The minimum absolute atomic E-state index is 0.258. The first-order chi connectivity index (χ1) is 16.3. The van der Waals surface area contributed by atoms with Crippen LogP contribution < -0.4 is 13.8 Å². The number of halogens is 2. The van der Waals surface area contributed by atoms with Crippen LogP contribution in [0, 0.1) is 0 Å². The number of rotatable bonds is 8. The zero-order valence-electron chi connectivity index (χ0n) is 17.7. The van der Waals surface area contributed by atoms with Gasteiger partial charge in [-0.3, -0.25) is 8.86 Å². The number of anilines is 1. The number of carboxylic acid groups (broad SMARTS) is 1. The standard InChI is InChI=1S/C23H20BrClN2O6S/c24-17-11-14(12-26-23(17)33-21-9-2-1-7-18(21)25)27(34(30)31)19-8-3-6-16-15(19)5-4-10-20(16)32-13-22(28)29/h1-2,4-5,7,9-12,19H,3,6,8,13H2,(H,28,29)(H,30,31). The van der Waals surface area contributed by atoms with Crippen molar-refractivity contribution in [3.8, 4) is 17.4 Å². The number of pyridine rings is 1. The van der Waals surface area contributed by atoms with Crippen LogP contribution in [0.25, 0.3) is 0 Å². The Morgan fingerprint density at radius 1 is 1.24 bits per heavy atom. The van der Waals surface area contributed by atoms with E-state index in [1.165, 1.54) is 10.5 Å². The fraction of sp³-hybridized carbons (Fsp3) is 0.217. The summed E-state index contributed by atoms with van der Waals surface area (Å²) in [6, 6.07) is 13.5. The highest BCUT2D eigenvalue weighted by atomic mass is 79.9. The topological polar surface area (TPSA) is 109 Å². The first-order valence-corrected chi connectivity index (χ1v) is 12.5. The molecule has 0 amide bonds. The summed E-state index contributed by atoms with van der Waals surface area (Å²) in [6.45, 7) is -0.458. The monoisotopic (exact) mass is 566 g/mol. The van der Waals surface area contributed by atoms with Gasteiger partial charge in [-0.05, 0) is 70.6 Å². The Balaban J connectivity index is 1.66. The second kappa shape index (κ2) is 10.7. The number of benzene rings is 2. The molecule has 0 aliphatic heterocycles. The second-order valence-corrected chi connectivity index (χ2v) is 9.60. The Labute approximate surface area is 212 Å². The van der Waals surface area contributed by atoms with Crippen LogP contribution in [0.15, 0.2) is 59.2 Å². The molecule has 11 heteroatoms. The molecule has 0 saturated heterocycles. The van der Waals surface area contributed by atoms with Gasteiger partial charge in [-0.1, -0.05) is 35.9 Å². The van der Waals surface area contributed by atoms with Gasteiger partial charge in [-0.25, -0.2) is 14.0 Å². The van der Waals surface area contributed by atoms with Gasteiger partial charge in [0.2, 0.25) is 5.88 Å². The summed E-state index contributed by atoms with van der Waals surface area (Å²) in [5.41, 5.74) is 2.05. The lowest BCUT2D eigenvalue weighted by molar-refractivity contribution is -0.139. The van der Waals surface area contributed by atoms with E-state index >= 15 is 0 Å². The third-order valence-corrected chi connectivity index (χ3v) is 7.01. The predicted octanol–water partition coefficient (Wildman–Crippen LogP) is 5.77. The summed E-state index contributed by atoms with van der Waals surface area (Å²) in [5.74, 6) is 0.0888. The molecule has 2 atom stereocenters. The number of nitrogens with zero attached hydrogens (tertiary/aromatic N) is 2. The number of para-hydroxylation sites is 1. The van der Waals surface area contributed by atoms with Crippen LogP contribution in [0.1, 0.15) is 30.0 Å². The van der Waals surface area contributed by atoms with Crippen LogP contribution in [-0.4, -0.2) is 31.4 Å². The highest BCUT2D eigenvalue weighted by Crippen LogP contribution is 2.42. The molecule has 2 unspecified atom stereocenters. The molecule has 0 radical (unpaired) electrons. The van der Waals surface area contributed by atoms with E-state index in [0.29, 0.717) is 39.5 Å². The average molecular weight is 568 g/mol. The van der Waals surface area contributed by atoms with Crippen molar-refractivity contribution in [2.75, 3.05) is 10.9 Å². The van der Waals surface area contributed by atoms with Crippen molar-refractivity contribution in [1.82, 2.24) is 4.98 Å². The molecule has 1 heterocycles. The quantitative estimate of drug-likeness (QED) is 0.332. The van der Waals surface area contributed by atoms with Crippen LogP contribution in [0.3, 0.4) is 0 Å². The maximum absolute atomic E-state index is 12.5. The maximum Gasteiger partial charge on any atom is 0.341 e. The lowest BCUT2D eigenvalue weighted by Crippen LogP contribution is -2.33. The highest BCUT2D eigenvalue weighted by Gasteiger charge is 2.32. The van der Waals surface area contributed by atoms with Gasteiger partial charge in [0.05, 0.1) is 27.4 Å². The molecule has 0 fully saturated rings. The van der Waals surface area contributed by atoms with E-state index in [0.717, 1.165) is 17.5 Å². The number of hydrogen-bond donors (Lipinski definition) is 2. The SMILES string of the molecule is O=C(O)COc1cccc2c1CCCC2N(c1cnc(Oc2ccccc2Cl)c(Br)c1)S(=O)O. The molecule has 0 saturated carbocycles. The van der Waals surface area contributed by atoms with Gasteiger partial charge < -0.3 is 14.6 Å². The first kappa shape index (κ1) is 24.5. The summed E-state index contributed by atoms with van der Waals surface area (Å²) in [7, 11) is 0. The lowest BCUT2D eigenvalue weighted by atomic mass is 9.87. The van der Waals surface area contributed by atoms with Crippen molar-refractivity contribution in [3.63, 3.8) is 0 Å². The van der Waals surface area contributed by atoms with E-state index in [9.17, 15) is 13.6 Å². The fourth-order valence-corrected chi connectivity index (χ4v) is 5.24. The Bertz CT molecular complexity index is 1240. The second-order valence-electron chi connectivity index (χ2n) is 7.48. The maximum atomic E-state index is 12.5. The van der Waals surface area contributed by atoms with Crippen LogP contribution in [-0.2, 0) is 22.5 Å². The van der Waals surface area contributed by atoms with Gasteiger partial charge in [0.1, 0.15) is 11.5 Å². The Morgan fingerprint density at radius 2 is 2.00 bits per heavy atom. The highest BCUT2D eigenvalue weighted by molar-refractivity contribution is 9.10. The Hall–Kier alpha value is -2.66. The number of aliphatic carboxylic acids is 1. The first-order valence-electron chi connectivity index (χ1n) is 10.3. The molecule has 1 aromatic heterocycles. The summed E-state index contributed by atoms with van der Waals surface area (Å²) in [6.07, 6.45) is 3.50. The van der Waals surface area contributed by atoms with Gasteiger partial charge in [-0.15, -0.1) is 0 Å². The molecule has 3 aromatic rings. The van der Waals surface area contributed by atoms with E-state index in [1.807, 2.05) is 6.07 Å². The van der Waals surface area contributed by atoms with Gasteiger partial charge in [-0.2, -0.15) is 0 Å². The van der Waals surface area contributed by atoms with E-state index in [1.54, 1.807) is 42.5 Å². The minimum atomic E-state index is -2.36. The average Bonchev–Trinajstić information content (AvgIpc) is 2.81. The van der Waals surface area contributed by atoms with E-state index in [-0.39, 0.29) is 5.88 Å². The summed E-state index contributed by atoms with van der Waals surface area (Å²) < 4.78 is 35.8. The van der Waals surface area contributed by atoms with Crippen molar-refractivity contribution in [2.24, 2.45) is 0 Å². The van der Waals surface area contributed by atoms with E-state index in [4.69, 9.17) is 26.2 Å². The molecule has 34 heavy (non-hydrogen) atoms. The molecular formula is C23H20BrClN2O6S. The van der Waals surface area contributed by atoms with E-state index < -0.39 is 29.9 Å². The number of ether oxygens (including phenoxy) is 2. The van der Waals surface area contributed by atoms with Crippen molar-refractivity contribution < 1.29 is 28.1 Å². The van der Waals surface area contributed by atoms with Gasteiger partial charge >= 0.3 is 5.97 Å². The van der Waals surface area contributed by atoms with Gasteiger partial charge in [0, 0.05) is 0 Å². The number of fused-ring (bicyclic) bond motifs is 1. The molecule has 8 nitrogen and oxygen atoms in total. The third kappa shape index (κ3) is 5.35. The normalized spacial score (nSPS) is 15.8. The molecule has 0 bridgehead atoms. The van der Waals surface area contributed by atoms with Crippen molar-refractivity contribution in [1.29, 1.82) is 0 Å². The summed E-state index contributed by atoms with van der Waals surface area (Å²) >= 11 is 7.24. The molecular weight excluding hydrogens is 548 g/mol. The number of hydrogen-bond acceptors (Lipinski definition) is 5. The summed E-state index contributed by atoms with van der Waals surface area (Å²) in [5, 5.41) is 9.39. The summed E-state index contributed by atoms with van der Waals surface area (Å²) in [4.78, 5) is 15.3. The van der Waals surface area contributed by atoms with Crippen molar-refractivity contribution >= 4 is 50.5 Å². The van der Waals surface area contributed by atoms with Crippen LogP contribution >= 0.6 is 27.5 Å². The zero-order valence-corrected chi connectivity index (χ0v) is 20.8. The van der Waals surface area contributed by atoms with Crippen LogP contribution in [0.5, 0.6) is 17.4 Å². The zero-order chi connectivity index (χ0) is 24.2. The molecule has 178 valence electrons. The molecule has 1 aliphatic rings. The fourth-order valence-electron chi connectivity index (χ4n) is 3.93. The predicted molar refractivity (Wildman–Crippen MR) is 132 cm³/mol. The van der Waals surface area contributed by atoms with Gasteiger partial charge in [0.25, 0.3) is 11.3 Å². The van der Waals surface area contributed by atoms with E-state index in [2.05, 4.69) is 20.9 Å². The van der Waals surface area contributed by atoms with Crippen molar-refractivity contribution in [2.45, 2.75) is 25.3 Å². The largest absolute Gasteiger partial charge is 0.482 e. The van der Waals surface area contributed by atoms with Crippen LogP contribution in [0.4, 0.5) is 5.69 Å². The number of aromatic nitrogens is 1. The molecule has 4 rings (SSSR count). The molecule has 1 aliphatic carbocycles. The smallest absolute Gasteiger partial charge is 0.341 e. The molecule has 2 N–H and O–H groups in total. The Kier molecular flexibility index (Phi) is 7.72. The lowest BCUT2D eigenvalue weighted by Gasteiger charge is -2.35. The minimum Gasteiger partial charge on any atom is -0.482 e.